The maximum atomic E-state index is 5.16. The van der Waals surface area contributed by atoms with Gasteiger partial charge in [0.1, 0.15) is 11.3 Å². The second-order valence-electron chi connectivity index (χ2n) is 31.1. The highest BCUT2D eigenvalue weighted by molar-refractivity contribution is 6.14. The first-order chi connectivity index (χ1) is 62.0. The van der Waals surface area contributed by atoms with Gasteiger partial charge in [-0.3, -0.25) is 19.1 Å². The van der Waals surface area contributed by atoms with Crippen LogP contribution >= 0.6 is 0 Å². The van der Waals surface area contributed by atoms with Gasteiger partial charge in [0, 0.05) is 112 Å². The lowest BCUT2D eigenvalue weighted by Crippen LogP contribution is -2.03. The average Bonchev–Trinajstić information content (AvgIpc) is 1.60. The Kier molecular flexibility index (Phi) is 17.1. The minimum absolute atomic E-state index is 0.620. The Hall–Kier alpha value is -17.4. The number of nitrogens with zero attached hydrogens (tertiary/aromatic N) is 16. The topological polar surface area (TPSA) is 149 Å². The predicted octanol–water partition coefficient (Wildman–Crippen LogP) is 25.6. The van der Waals surface area contributed by atoms with E-state index in [1.54, 1.807) is 0 Å². The molecule has 586 valence electrons. The van der Waals surface area contributed by atoms with Crippen LogP contribution in [0.5, 0.6) is 0 Å². The van der Waals surface area contributed by atoms with Crippen molar-refractivity contribution in [2.24, 2.45) is 0 Å². The maximum absolute atomic E-state index is 5.16. The summed E-state index contributed by atoms with van der Waals surface area (Å²) in [5.41, 5.74) is 27.7. The van der Waals surface area contributed by atoms with Crippen molar-refractivity contribution in [1.82, 2.24) is 76.5 Å². The highest BCUT2D eigenvalue weighted by Crippen LogP contribution is 2.42. The summed E-state index contributed by atoms with van der Waals surface area (Å²) in [5, 5.41) is 11.7. The molecule has 0 unspecified atom stereocenters. The molecule has 0 saturated heterocycles. The van der Waals surface area contributed by atoms with Gasteiger partial charge in [-0.1, -0.05) is 255 Å². The second kappa shape index (κ2) is 29.9. The zero-order chi connectivity index (χ0) is 82.4. The van der Waals surface area contributed by atoms with Crippen LogP contribution < -0.4 is 0 Å². The van der Waals surface area contributed by atoms with Crippen molar-refractivity contribution >= 4 is 120 Å². The molecule has 125 heavy (non-hydrogen) atoms. The van der Waals surface area contributed by atoms with Gasteiger partial charge in [-0.2, -0.15) is 0 Å². The molecule has 14 aromatic heterocycles. The summed E-state index contributed by atoms with van der Waals surface area (Å²) in [6.07, 6.45) is 19.8. The van der Waals surface area contributed by atoms with Gasteiger partial charge in [0.15, 0.2) is 0 Å². The monoisotopic (exact) mass is 1600 g/mol. The SMILES string of the molecule is c1ccc(-c2cc(-n3c4ccc(-c5cn6ccccc6n5)cc4c4cc(-c5cn6ccccc6n5)ccc43)cc(-c3ccccc3)n2)cc1.c1ccc(-c2cc3c4ccccc4n(-c4cnc(-n5c6ccccc6c6ccccc65)nc4)c3cn2)cc1.c1ccc(-c2cc3c4ccccc4n(-c4ncc(-n5c6ccccc6c6ccccc65)cn4)c3cn2)cc1. The van der Waals surface area contributed by atoms with Gasteiger partial charge in [-0.15, -0.1) is 0 Å². The van der Waals surface area contributed by atoms with Gasteiger partial charge in [0.05, 0.1) is 144 Å². The maximum Gasteiger partial charge on any atom is 0.234 e. The highest BCUT2D eigenvalue weighted by atomic mass is 15.2. The lowest BCUT2D eigenvalue weighted by Gasteiger charge is -2.13. The number of fused-ring (bicyclic) bond motifs is 17. The van der Waals surface area contributed by atoms with Gasteiger partial charge >= 0.3 is 0 Å². The van der Waals surface area contributed by atoms with E-state index in [4.69, 9.17) is 44.9 Å². The van der Waals surface area contributed by atoms with Crippen LogP contribution in [0.2, 0.25) is 0 Å². The van der Waals surface area contributed by atoms with Gasteiger partial charge in [-0.05, 0) is 109 Å². The normalized spacial score (nSPS) is 11.7. The molecule has 12 aromatic carbocycles. The summed E-state index contributed by atoms with van der Waals surface area (Å²) in [6.45, 7) is 0. The van der Waals surface area contributed by atoms with Crippen LogP contribution in [0.15, 0.2) is 426 Å². The summed E-state index contributed by atoms with van der Waals surface area (Å²) in [5.74, 6) is 1.27. The fraction of sp³-hybridized carbons (Fsp3) is 0. The van der Waals surface area contributed by atoms with E-state index >= 15 is 0 Å². The van der Waals surface area contributed by atoms with E-state index < -0.39 is 0 Å². The zero-order valence-corrected chi connectivity index (χ0v) is 67.1. The van der Waals surface area contributed by atoms with E-state index in [0.29, 0.717) is 11.9 Å². The van der Waals surface area contributed by atoms with Crippen LogP contribution in [0.4, 0.5) is 0 Å². The Morgan fingerprint density at radius 3 is 0.832 bits per heavy atom. The molecule has 0 amide bonds. The molecule has 0 saturated carbocycles. The van der Waals surface area contributed by atoms with E-state index in [2.05, 4.69) is 323 Å². The standard InChI is InChI=1S/C43H28N6.2C33H21N5/c1-3-11-29(12-4-1)36-25-33(26-37(44-36)30-13-5-2-6-14-30)49-40-19-17-31(38-27-47-21-9-7-15-42(47)45-38)23-34(40)35-24-32(18-20-41(35)49)39-28-48-22-10-8-16-43(48)46-39;1-2-10-22(11-3-1)28-18-27-26-14-6-7-15-29(26)37(32(27)21-34-28)23-19-35-33(36-20-23)38-30-16-8-4-12-24(30)25-13-5-9-17-31(25)38;1-2-10-22(11-3-1)28-18-27-26-14-6-9-17-31(26)38(32(27)21-34-28)33-35-19-23(20-36-33)37-29-15-7-4-12-24(29)25-13-5-8-16-30(25)37/h1-28H;2*1-21H. The first kappa shape index (κ1) is 71.7. The lowest BCUT2D eigenvalue weighted by atomic mass is 10.0. The highest BCUT2D eigenvalue weighted by Gasteiger charge is 2.23. The molecular weight excluding hydrogens is 1530 g/mol. The fourth-order valence-electron chi connectivity index (χ4n) is 18.1. The van der Waals surface area contributed by atoms with Crippen molar-refractivity contribution < 1.29 is 0 Å². The summed E-state index contributed by atoms with van der Waals surface area (Å²) < 4.78 is 15.2. The molecular formula is C109H70N16. The molecule has 0 bridgehead atoms. The summed E-state index contributed by atoms with van der Waals surface area (Å²) in [4.78, 5) is 44.2. The number of rotatable bonds is 11. The number of imidazole rings is 2. The summed E-state index contributed by atoms with van der Waals surface area (Å²) >= 11 is 0. The number of hydrogen-bond acceptors (Lipinski definition) is 9. The van der Waals surface area contributed by atoms with E-state index in [0.717, 1.165) is 178 Å². The van der Waals surface area contributed by atoms with Crippen LogP contribution in [0.3, 0.4) is 0 Å². The predicted molar refractivity (Wildman–Crippen MR) is 506 cm³/mol. The first-order valence-corrected chi connectivity index (χ1v) is 41.6. The quantitative estimate of drug-likeness (QED) is 0.123. The van der Waals surface area contributed by atoms with Crippen LogP contribution in [-0.4, -0.2) is 76.5 Å². The molecule has 0 aliphatic rings. The lowest BCUT2D eigenvalue weighted by molar-refractivity contribution is 0.966. The molecule has 26 aromatic rings. The number of hydrogen-bond donors (Lipinski definition) is 0. The van der Waals surface area contributed by atoms with Gasteiger partial charge < -0.3 is 22.5 Å². The molecule has 0 radical (unpaired) electrons. The van der Waals surface area contributed by atoms with Crippen LogP contribution in [0, 0.1) is 0 Å². The molecule has 0 aliphatic carbocycles. The molecule has 14 heterocycles. The minimum Gasteiger partial charge on any atom is -0.309 e. The number of para-hydroxylation sites is 6. The van der Waals surface area contributed by atoms with Crippen molar-refractivity contribution in [3.63, 3.8) is 0 Å². The fourth-order valence-corrected chi connectivity index (χ4v) is 18.1. The van der Waals surface area contributed by atoms with E-state index in [-0.39, 0.29) is 0 Å². The van der Waals surface area contributed by atoms with Crippen molar-refractivity contribution in [3.8, 4) is 96.5 Å². The first-order valence-electron chi connectivity index (χ1n) is 41.6. The molecule has 0 fully saturated rings. The summed E-state index contributed by atoms with van der Waals surface area (Å²) in [6, 6.07) is 126. The molecule has 0 spiro atoms. The van der Waals surface area contributed by atoms with Crippen molar-refractivity contribution in [2.45, 2.75) is 0 Å². The third kappa shape index (κ3) is 12.4. The number of aromatic nitrogens is 16. The van der Waals surface area contributed by atoms with Crippen LogP contribution in [-0.2, 0) is 0 Å². The Morgan fingerprint density at radius 1 is 0.168 bits per heavy atom. The summed E-state index contributed by atoms with van der Waals surface area (Å²) in [7, 11) is 0. The third-order valence-corrected chi connectivity index (χ3v) is 23.9. The largest absolute Gasteiger partial charge is 0.309 e. The molecule has 0 N–H and O–H groups in total. The van der Waals surface area contributed by atoms with Gasteiger partial charge in [0.2, 0.25) is 11.9 Å². The molecule has 0 atom stereocenters. The van der Waals surface area contributed by atoms with Gasteiger partial charge in [-0.25, -0.2) is 34.9 Å². The Morgan fingerprint density at radius 2 is 0.456 bits per heavy atom. The molecule has 26 rings (SSSR count). The molecule has 0 aliphatic heterocycles. The van der Waals surface area contributed by atoms with Crippen LogP contribution in [0.1, 0.15) is 0 Å². The number of benzene rings is 12. The Labute approximate surface area is 714 Å². The van der Waals surface area contributed by atoms with Crippen molar-refractivity contribution in [1.29, 1.82) is 0 Å². The van der Waals surface area contributed by atoms with Crippen LogP contribution in [0.25, 0.3) is 217 Å². The van der Waals surface area contributed by atoms with E-state index in [1.807, 2.05) is 135 Å². The van der Waals surface area contributed by atoms with E-state index in [9.17, 15) is 0 Å². The Balaban J connectivity index is 0.000000106. The average molecular weight is 1600 g/mol. The van der Waals surface area contributed by atoms with Crippen molar-refractivity contribution in [3.05, 3.63) is 426 Å². The molecule has 16 heteroatoms. The van der Waals surface area contributed by atoms with Crippen molar-refractivity contribution in [2.75, 3.05) is 0 Å². The smallest absolute Gasteiger partial charge is 0.234 e. The minimum atomic E-state index is 0.620. The third-order valence-electron chi connectivity index (χ3n) is 23.9. The van der Waals surface area contributed by atoms with E-state index in [1.165, 1.54) is 26.9 Å². The Bertz CT molecular complexity index is 7990. The molecule has 16 nitrogen and oxygen atoms in total. The number of pyridine rings is 5. The second-order valence-corrected chi connectivity index (χ2v) is 31.1. The zero-order valence-electron chi connectivity index (χ0n) is 67.1. The van der Waals surface area contributed by atoms with Gasteiger partial charge in [0.25, 0.3) is 0 Å².